The minimum Gasteiger partial charge on any atom is -0.406 e. The summed E-state index contributed by atoms with van der Waals surface area (Å²) in [5.74, 6) is 2.25. The summed E-state index contributed by atoms with van der Waals surface area (Å²) in [7, 11) is 0. The first-order valence-electron chi connectivity index (χ1n) is 14.0. The number of carbonyl (C=O) groups is 1. The Hall–Kier alpha value is -1.80. The number of alkyl halides is 3. The van der Waals surface area contributed by atoms with Crippen LogP contribution < -0.4 is 10.1 Å². The molecule has 36 heavy (non-hydrogen) atoms. The standard InChI is InChI=1S/C28H40F3N3O2/c29-28(30,31)36-24-10-8-20(9-11-24)16-26(35)32-12-2-4-13-33-15-5-6-21-17-22-18-23(27(21)33)19-34-14-3-1-7-25(22)34/h8-11,21-23,25,27H,1-7,12-19H2,(H,32,35)/t21-,22-,23+,25+,27+/m0/s1. The molecule has 5 atom stereocenters. The molecule has 1 aromatic rings. The van der Waals surface area contributed by atoms with E-state index >= 15 is 0 Å². The number of hydrogen-bond acceptors (Lipinski definition) is 4. The van der Waals surface area contributed by atoms with Gasteiger partial charge in [-0.25, -0.2) is 0 Å². The van der Waals surface area contributed by atoms with Crippen molar-refractivity contribution < 1.29 is 22.7 Å². The molecule has 8 heteroatoms. The van der Waals surface area contributed by atoms with E-state index in [1.165, 1.54) is 88.8 Å². The molecule has 0 unspecified atom stereocenters. The van der Waals surface area contributed by atoms with E-state index in [1.54, 1.807) is 0 Å². The van der Waals surface area contributed by atoms with Gasteiger partial charge in [-0.15, -0.1) is 13.2 Å². The highest BCUT2D eigenvalue weighted by Gasteiger charge is 2.49. The summed E-state index contributed by atoms with van der Waals surface area (Å²) in [6.45, 7) is 5.57. The molecule has 4 fully saturated rings. The fourth-order valence-electron chi connectivity index (χ4n) is 7.69. The molecule has 5 nitrogen and oxygen atoms in total. The van der Waals surface area contributed by atoms with Gasteiger partial charge in [0.15, 0.2) is 0 Å². The number of unbranched alkanes of at least 4 members (excludes halogenated alkanes) is 1. The first kappa shape index (κ1) is 25.8. The zero-order valence-electron chi connectivity index (χ0n) is 21.1. The third kappa shape index (κ3) is 6.36. The Morgan fingerprint density at radius 2 is 1.78 bits per heavy atom. The minimum absolute atomic E-state index is 0.103. The average Bonchev–Trinajstić information content (AvgIpc) is 2.84. The van der Waals surface area contributed by atoms with Crippen molar-refractivity contribution in [1.82, 2.24) is 15.1 Å². The van der Waals surface area contributed by atoms with Crippen LogP contribution in [0.4, 0.5) is 13.2 Å². The van der Waals surface area contributed by atoms with Gasteiger partial charge >= 0.3 is 6.36 Å². The Kier molecular flexibility index (Phi) is 8.11. The Morgan fingerprint density at radius 1 is 0.972 bits per heavy atom. The monoisotopic (exact) mass is 507 g/mol. The summed E-state index contributed by atoms with van der Waals surface area (Å²) in [6.07, 6.45) is 7.26. The van der Waals surface area contributed by atoms with Crippen LogP contribution >= 0.6 is 0 Å². The third-order valence-corrected chi connectivity index (χ3v) is 9.01. The van der Waals surface area contributed by atoms with E-state index in [9.17, 15) is 18.0 Å². The maximum Gasteiger partial charge on any atom is 0.573 e. The topological polar surface area (TPSA) is 44.8 Å². The van der Waals surface area contributed by atoms with Crippen LogP contribution in [0, 0.1) is 17.8 Å². The lowest BCUT2D eigenvalue weighted by Gasteiger charge is -2.58. The van der Waals surface area contributed by atoms with Gasteiger partial charge in [-0.2, -0.15) is 0 Å². The van der Waals surface area contributed by atoms with Crippen molar-refractivity contribution in [3.63, 3.8) is 0 Å². The number of likely N-dealkylation sites (tertiary alicyclic amines) is 1. The Balaban J connectivity index is 1.03. The fraction of sp³-hybridized carbons (Fsp3) is 0.750. The highest BCUT2D eigenvalue weighted by Crippen LogP contribution is 2.48. The summed E-state index contributed by atoms with van der Waals surface area (Å²) in [5.41, 5.74) is 0.667. The van der Waals surface area contributed by atoms with Crippen molar-refractivity contribution in [3.05, 3.63) is 29.8 Å². The van der Waals surface area contributed by atoms with Crippen molar-refractivity contribution in [2.45, 2.75) is 82.7 Å². The van der Waals surface area contributed by atoms with E-state index < -0.39 is 6.36 Å². The number of amides is 1. The number of halogens is 3. The lowest BCUT2D eigenvalue weighted by molar-refractivity contribution is -0.274. The number of fused-ring (bicyclic) bond motifs is 6. The molecule has 3 saturated heterocycles. The highest BCUT2D eigenvalue weighted by molar-refractivity contribution is 5.78. The van der Waals surface area contributed by atoms with Gasteiger partial charge in [-0.05, 0) is 106 Å². The van der Waals surface area contributed by atoms with Gasteiger partial charge < -0.3 is 10.1 Å². The lowest BCUT2D eigenvalue weighted by Crippen LogP contribution is -2.62. The van der Waals surface area contributed by atoms with E-state index in [0.29, 0.717) is 12.1 Å². The van der Waals surface area contributed by atoms with Gasteiger partial charge in [-0.3, -0.25) is 14.6 Å². The summed E-state index contributed by atoms with van der Waals surface area (Å²) < 4.78 is 40.7. The summed E-state index contributed by atoms with van der Waals surface area (Å²) >= 11 is 0. The first-order valence-corrected chi connectivity index (χ1v) is 14.0. The molecule has 0 spiro atoms. The van der Waals surface area contributed by atoms with Crippen molar-refractivity contribution in [2.75, 3.05) is 32.7 Å². The second kappa shape index (κ2) is 11.3. The molecule has 200 valence electrons. The predicted molar refractivity (Wildman–Crippen MR) is 133 cm³/mol. The Bertz CT molecular complexity index is 878. The molecule has 1 N–H and O–H groups in total. The zero-order valence-corrected chi connectivity index (χ0v) is 21.1. The molecule has 2 bridgehead atoms. The number of nitrogens with zero attached hydrogens (tertiary/aromatic N) is 2. The van der Waals surface area contributed by atoms with Crippen LogP contribution in [0.25, 0.3) is 0 Å². The number of benzene rings is 1. The molecule has 0 aromatic heterocycles. The van der Waals surface area contributed by atoms with Gasteiger partial charge in [0.1, 0.15) is 5.75 Å². The molecule has 0 radical (unpaired) electrons. The van der Waals surface area contributed by atoms with E-state index in [1.807, 2.05) is 0 Å². The van der Waals surface area contributed by atoms with E-state index in [2.05, 4.69) is 19.9 Å². The van der Waals surface area contributed by atoms with Crippen LogP contribution in [0.3, 0.4) is 0 Å². The molecular formula is C28H40F3N3O2. The second-order valence-electron chi connectivity index (χ2n) is 11.4. The fourth-order valence-corrected chi connectivity index (χ4v) is 7.69. The molecule has 1 saturated carbocycles. The Morgan fingerprint density at radius 3 is 2.58 bits per heavy atom. The van der Waals surface area contributed by atoms with Gasteiger partial charge in [0.05, 0.1) is 6.42 Å². The number of rotatable bonds is 8. The normalized spacial score (nSPS) is 30.8. The molecule has 3 aliphatic heterocycles. The van der Waals surface area contributed by atoms with Crippen LogP contribution in [0.2, 0.25) is 0 Å². The number of carbonyl (C=O) groups excluding carboxylic acids is 1. The van der Waals surface area contributed by atoms with E-state index in [0.717, 1.165) is 49.2 Å². The molecular weight excluding hydrogens is 467 g/mol. The lowest BCUT2D eigenvalue weighted by atomic mass is 9.62. The molecule has 5 rings (SSSR count). The van der Waals surface area contributed by atoms with Crippen molar-refractivity contribution in [1.29, 1.82) is 0 Å². The third-order valence-electron chi connectivity index (χ3n) is 9.01. The van der Waals surface area contributed by atoms with Crippen LogP contribution in [0.1, 0.15) is 63.4 Å². The van der Waals surface area contributed by atoms with E-state index in [4.69, 9.17) is 0 Å². The van der Waals surface area contributed by atoms with Gasteiger partial charge in [-0.1, -0.05) is 18.6 Å². The zero-order chi connectivity index (χ0) is 25.1. The number of piperidine rings is 3. The largest absolute Gasteiger partial charge is 0.573 e. The summed E-state index contributed by atoms with van der Waals surface area (Å²) in [4.78, 5) is 17.9. The van der Waals surface area contributed by atoms with Gasteiger partial charge in [0.2, 0.25) is 5.91 Å². The quantitative estimate of drug-likeness (QED) is 0.503. The molecule has 1 amide bonds. The molecule has 1 aliphatic carbocycles. The van der Waals surface area contributed by atoms with Crippen molar-refractivity contribution in [2.24, 2.45) is 17.8 Å². The van der Waals surface area contributed by atoms with Crippen LogP contribution in [0.15, 0.2) is 24.3 Å². The smallest absolute Gasteiger partial charge is 0.406 e. The van der Waals surface area contributed by atoms with Gasteiger partial charge in [0.25, 0.3) is 0 Å². The van der Waals surface area contributed by atoms with E-state index in [-0.39, 0.29) is 18.1 Å². The first-order chi connectivity index (χ1) is 17.4. The average molecular weight is 508 g/mol. The number of ether oxygens (including phenoxy) is 1. The maximum absolute atomic E-state index is 12.3. The number of hydrogen-bond donors (Lipinski definition) is 1. The van der Waals surface area contributed by atoms with Crippen LogP contribution in [-0.2, 0) is 11.2 Å². The molecule has 3 heterocycles. The molecule has 1 aromatic carbocycles. The minimum atomic E-state index is -4.71. The van der Waals surface area contributed by atoms with Crippen molar-refractivity contribution in [3.8, 4) is 5.75 Å². The highest BCUT2D eigenvalue weighted by atomic mass is 19.4. The number of nitrogens with one attached hydrogen (secondary N) is 1. The maximum atomic E-state index is 12.3. The Labute approximate surface area is 212 Å². The SMILES string of the molecule is O=C(Cc1ccc(OC(F)(F)F)cc1)NCCCCN1CCC[C@H]2C[C@H]3C[C@H](CN4CCCC[C@H]34)[C@@H]21. The molecule has 4 aliphatic rings. The summed E-state index contributed by atoms with van der Waals surface area (Å²) in [6, 6.07) is 7.09. The van der Waals surface area contributed by atoms with Crippen LogP contribution in [-0.4, -0.2) is 66.9 Å². The second-order valence-corrected chi connectivity index (χ2v) is 11.4. The predicted octanol–water partition coefficient (Wildman–Crippen LogP) is 5.00. The van der Waals surface area contributed by atoms with Crippen LogP contribution in [0.5, 0.6) is 5.75 Å². The van der Waals surface area contributed by atoms with Crippen molar-refractivity contribution >= 4 is 5.91 Å². The summed E-state index contributed by atoms with van der Waals surface area (Å²) in [5, 5.41) is 2.97. The van der Waals surface area contributed by atoms with Gasteiger partial charge in [0, 0.05) is 25.2 Å².